The lowest BCUT2D eigenvalue weighted by molar-refractivity contribution is -0.117. The van der Waals surface area contributed by atoms with Crippen molar-refractivity contribution in [3.05, 3.63) is 29.0 Å². The summed E-state index contributed by atoms with van der Waals surface area (Å²) in [5.74, 6) is 0.772. The van der Waals surface area contributed by atoms with E-state index < -0.39 is 0 Å². The van der Waals surface area contributed by atoms with E-state index in [0.29, 0.717) is 41.0 Å². The third-order valence-corrected chi connectivity index (χ3v) is 3.04. The predicted octanol–water partition coefficient (Wildman–Crippen LogP) is 2.93. The minimum Gasteiger partial charge on any atom is -0.384 e. The number of nitrogens with one attached hydrogen (secondary N) is 1. The number of ether oxygens (including phenoxy) is 1. The number of carbonyl (C=O) groups excluding carboxylic acids is 1. The first kappa shape index (κ1) is 15.5. The Morgan fingerprint density at radius 2 is 2.29 bits per heavy atom. The van der Waals surface area contributed by atoms with Gasteiger partial charge in [0.05, 0.1) is 24.3 Å². The van der Waals surface area contributed by atoms with E-state index in [9.17, 15) is 4.79 Å². The van der Waals surface area contributed by atoms with E-state index in [1.807, 2.05) is 6.92 Å². The molecule has 0 saturated carbocycles. The van der Waals surface area contributed by atoms with E-state index in [-0.39, 0.29) is 12.3 Å². The summed E-state index contributed by atoms with van der Waals surface area (Å²) >= 11 is 6.00. The maximum absolute atomic E-state index is 11.8. The molecule has 1 aromatic carbocycles. The van der Waals surface area contributed by atoms with Crippen LogP contribution in [0.25, 0.3) is 11.5 Å². The van der Waals surface area contributed by atoms with Crippen molar-refractivity contribution in [2.45, 2.75) is 19.8 Å². The number of amides is 1. The van der Waals surface area contributed by atoms with Crippen LogP contribution in [0.2, 0.25) is 5.02 Å². The summed E-state index contributed by atoms with van der Waals surface area (Å²) in [7, 11) is 1.55. The van der Waals surface area contributed by atoms with Gasteiger partial charge >= 0.3 is 0 Å². The molecule has 0 fully saturated rings. The summed E-state index contributed by atoms with van der Waals surface area (Å²) < 4.78 is 10.1. The van der Waals surface area contributed by atoms with Gasteiger partial charge in [0.1, 0.15) is 0 Å². The Labute approximate surface area is 127 Å². The average molecular weight is 310 g/mol. The molecule has 2 aromatic rings. The van der Waals surface area contributed by atoms with Gasteiger partial charge in [0.25, 0.3) is 5.89 Å². The molecule has 0 unspecified atom stereocenters. The molecule has 0 aliphatic carbocycles. The second-order valence-electron chi connectivity index (χ2n) is 4.35. The van der Waals surface area contributed by atoms with Gasteiger partial charge in [0.2, 0.25) is 5.91 Å². The Morgan fingerprint density at radius 1 is 1.48 bits per heavy atom. The third-order valence-electron chi connectivity index (χ3n) is 2.80. The van der Waals surface area contributed by atoms with Gasteiger partial charge in [-0.15, -0.1) is 0 Å². The number of aryl methyl sites for hydroxylation is 1. The number of aromatic nitrogens is 2. The molecule has 6 nitrogen and oxygen atoms in total. The molecule has 7 heteroatoms. The van der Waals surface area contributed by atoms with E-state index >= 15 is 0 Å². The van der Waals surface area contributed by atoms with Crippen molar-refractivity contribution in [2.75, 3.05) is 19.0 Å². The first-order chi connectivity index (χ1) is 10.1. The number of benzene rings is 1. The van der Waals surface area contributed by atoms with Crippen LogP contribution in [-0.4, -0.2) is 29.8 Å². The van der Waals surface area contributed by atoms with Crippen molar-refractivity contribution in [1.82, 2.24) is 10.1 Å². The first-order valence-electron chi connectivity index (χ1n) is 6.55. The van der Waals surface area contributed by atoms with Crippen molar-refractivity contribution >= 4 is 23.2 Å². The Hall–Kier alpha value is -1.92. The monoisotopic (exact) mass is 309 g/mol. The van der Waals surface area contributed by atoms with Crippen LogP contribution in [0, 0.1) is 0 Å². The van der Waals surface area contributed by atoms with E-state index in [1.54, 1.807) is 25.3 Å². The molecule has 0 atom stereocenters. The maximum atomic E-state index is 11.8. The van der Waals surface area contributed by atoms with Crippen molar-refractivity contribution in [3.63, 3.8) is 0 Å². The molecular formula is C14H16ClN3O3. The normalized spacial score (nSPS) is 10.6. The summed E-state index contributed by atoms with van der Waals surface area (Å²) in [6.07, 6.45) is 0.933. The SMILES string of the molecule is CCc1noc(-c2cc(Cl)ccc2NC(=O)CCOC)n1. The molecule has 0 bridgehead atoms. The zero-order chi connectivity index (χ0) is 15.2. The minimum absolute atomic E-state index is 0.157. The smallest absolute Gasteiger partial charge is 0.260 e. The Balaban J connectivity index is 2.27. The van der Waals surface area contributed by atoms with Gasteiger partial charge in [0.15, 0.2) is 5.82 Å². The molecule has 0 spiro atoms. The molecule has 2 rings (SSSR count). The highest BCUT2D eigenvalue weighted by Gasteiger charge is 2.15. The largest absolute Gasteiger partial charge is 0.384 e. The molecule has 1 heterocycles. The lowest BCUT2D eigenvalue weighted by atomic mass is 10.1. The summed E-state index contributed by atoms with van der Waals surface area (Å²) in [5.41, 5.74) is 1.17. The number of rotatable bonds is 6. The van der Waals surface area contributed by atoms with Gasteiger partial charge in [-0.05, 0) is 18.2 Å². The van der Waals surface area contributed by atoms with E-state index in [0.717, 1.165) is 0 Å². The zero-order valence-corrected chi connectivity index (χ0v) is 12.6. The highest BCUT2D eigenvalue weighted by molar-refractivity contribution is 6.31. The highest BCUT2D eigenvalue weighted by Crippen LogP contribution is 2.30. The van der Waals surface area contributed by atoms with Gasteiger partial charge in [-0.1, -0.05) is 23.7 Å². The number of methoxy groups -OCH3 is 1. The van der Waals surface area contributed by atoms with Crippen LogP contribution in [-0.2, 0) is 16.0 Å². The predicted molar refractivity (Wildman–Crippen MR) is 79.2 cm³/mol. The second kappa shape index (κ2) is 7.19. The number of hydrogen-bond acceptors (Lipinski definition) is 5. The molecule has 0 aliphatic heterocycles. The standard InChI is InChI=1S/C14H16ClN3O3/c1-3-12-17-14(21-18-12)10-8-9(15)4-5-11(10)16-13(19)6-7-20-2/h4-5,8H,3,6-7H2,1-2H3,(H,16,19). The number of anilines is 1. The number of carbonyl (C=O) groups is 1. The summed E-state index contributed by atoms with van der Waals surface area (Å²) in [4.78, 5) is 16.1. The van der Waals surface area contributed by atoms with Gasteiger partial charge in [0, 0.05) is 18.6 Å². The van der Waals surface area contributed by atoms with E-state index in [2.05, 4.69) is 15.5 Å². The number of hydrogen-bond donors (Lipinski definition) is 1. The quantitative estimate of drug-likeness (QED) is 0.887. The van der Waals surface area contributed by atoms with Crippen molar-refractivity contribution in [1.29, 1.82) is 0 Å². The number of halogens is 1. The van der Waals surface area contributed by atoms with Crippen LogP contribution in [0.4, 0.5) is 5.69 Å². The minimum atomic E-state index is -0.157. The fourth-order valence-electron chi connectivity index (χ4n) is 1.72. The molecule has 0 saturated heterocycles. The molecule has 0 radical (unpaired) electrons. The lowest BCUT2D eigenvalue weighted by Crippen LogP contribution is -2.14. The Morgan fingerprint density at radius 3 is 2.95 bits per heavy atom. The van der Waals surface area contributed by atoms with E-state index in [1.165, 1.54) is 0 Å². The highest BCUT2D eigenvalue weighted by atomic mass is 35.5. The van der Waals surface area contributed by atoms with Crippen LogP contribution >= 0.6 is 11.6 Å². The molecule has 0 aliphatic rings. The van der Waals surface area contributed by atoms with Gasteiger partial charge in [-0.25, -0.2) is 0 Å². The number of nitrogens with zero attached hydrogens (tertiary/aromatic N) is 2. The fraction of sp³-hybridized carbons (Fsp3) is 0.357. The Kier molecular flexibility index (Phi) is 5.30. The molecule has 1 amide bonds. The maximum Gasteiger partial charge on any atom is 0.260 e. The van der Waals surface area contributed by atoms with Crippen LogP contribution in [0.1, 0.15) is 19.2 Å². The molecule has 112 valence electrons. The summed E-state index contributed by atoms with van der Waals surface area (Å²) in [5, 5.41) is 7.17. The first-order valence-corrected chi connectivity index (χ1v) is 6.93. The van der Waals surface area contributed by atoms with Gasteiger partial charge < -0.3 is 14.6 Å². The topological polar surface area (TPSA) is 77.2 Å². The van der Waals surface area contributed by atoms with Crippen LogP contribution in [0.3, 0.4) is 0 Å². The second-order valence-corrected chi connectivity index (χ2v) is 4.79. The fourth-order valence-corrected chi connectivity index (χ4v) is 1.89. The van der Waals surface area contributed by atoms with Crippen LogP contribution in [0.5, 0.6) is 0 Å². The molecule has 21 heavy (non-hydrogen) atoms. The van der Waals surface area contributed by atoms with Gasteiger partial charge in [-0.3, -0.25) is 4.79 Å². The average Bonchev–Trinajstić information content (AvgIpc) is 2.95. The molecule has 1 N–H and O–H groups in total. The van der Waals surface area contributed by atoms with Crippen molar-refractivity contribution in [3.8, 4) is 11.5 Å². The van der Waals surface area contributed by atoms with E-state index in [4.69, 9.17) is 20.9 Å². The van der Waals surface area contributed by atoms with Crippen molar-refractivity contribution < 1.29 is 14.1 Å². The zero-order valence-electron chi connectivity index (χ0n) is 11.9. The van der Waals surface area contributed by atoms with Gasteiger partial charge in [-0.2, -0.15) is 4.98 Å². The summed E-state index contributed by atoms with van der Waals surface area (Å²) in [6.45, 7) is 2.29. The third kappa shape index (κ3) is 4.03. The Bertz CT molecular complexity index is 628. The van der Waals surface area contributed by atoms with Crippen molar-refractivity contribution in [2.24, 2.45) is 0 Å². The van der Waals surface area contributed by atoms with Crippen LogP contribution in [0.15, 0.2) is 22.7 Å². The lowest BCUT2D eigenvalue weighted by Gasteiger charge is -2.08. The van der Waals surface area contributed by atoms with Crippen LogP contribution < -0.4 is 5.32 Å². The summed E-state index contributed by atoms with van der Waals surface area (Å²) in [6, 6.07) is 5.08. The molecular weight excluding hydrogens is 294 g/mol. The molecule has 1 aromatic heterocycles.